The fourth-order valence-electron chi connectivity index (χ4n) is 1.62. The average Bonchev–Trinajstić information content (AvgIpc) is 2.42. The molecule has 0 aliphatic rings. The highest BCUT2D eigenvalue weighted by Crippen LogP contribution is 2.21. The van der Waals surface area contributed by atoms with E-state index in [1.165, 1.54) is 0 Å². The molecule has 4 heteroatoms. The molecule has 0 bridgehead atoms. The molecule has 0 saturated heterocycles. The highest BCUT2D eigenvalue weighted by atomic mass is 79.9. The summed E-state index contributed by atoms with van der Waals surface area (Å²) in [5.74, 6) is 0.745. The fraction of sp³-hybridized carbons (Fsp3) is 0.188. The summed E-state index contributed by atoms with van der Waals surface area (Å²) in [7, 11) is 0. The van der Waals surface area contributed by atoms with E-state index in [4.69, 9.17) is 9.47 Å². The first-order chi connectivity index (χ1) is 9.54. The molecule has 0 radical (unpaired) electrons. The summed E-state index contributed by atoms with van der Waals surface area (Å²) < 4.78 is 11.6. The van der Waals surface area contributed by atoms with E-state index in [0.29, 0.717) is 11.5 Å². The third-order valence-electron chi connectivity index (χ3n) is 2.74. The third-order valence-corrected chi connectivity index (χ3v) is 3.63. The molecule has 0 atom stereocenters. The highest BCUT2D eigenvalue weighted by molar-refractivity contribution is 9.10. The summed E-state index contributed by atoms with van der Waals surface area (Å²) in [6.45, 7) is 3.82. The molecule has 0 unspecified atom stereocenters. The van der Waals surface area contributed by atoms with Gasteiger partial charge in [0.05, 0.1) is 0 Å². The van der Waals surface area contributed by atoms with Crippen LogP contribution in [0, 0.1) is 13.8 Å². The maximum Gasteiger partial charge on any atom is 0.349 e. The molecule has 0 saturated carbocycles. The van der Waals surface area contributed by atoms with Gasteiger partial charge in [0.15, 0.2) is 6.61 Å². The van der Waals surface area contributed by atoms with Gasteiger partial charge in [-0.05, 0) is 49.7 Å². The van der Waals surface area contributed by atoms with E-state index in [1.807, 2.05) is 44.2 Å². The largest absolute Gasteiger partial charge is 0.482 e. The molecule has 0 aromatic heterocycles. The number of rotatable bonds is 4. The van der Waals surface area contributed by atoms with Crippen LogP contribution < -0.4 is 9.47 Å². The van der Waals surface area contributed by atoms with Crippen molar-refractivity contribution in [2.24, 2.45) is 0 Å². The Bertz CT molecular complexity index is 606. The van der Waals surface area contributed by atoms with Crippen molar-refractivity contribution in [3.63, 3.8) is 0 Å². The molecular weight excluding hydrogens is 320 g/mol. The molecule has 2 rings (SSSR count). The van der Waals surface area contributed by atoms with Gasteiger partial charge in [0.2, 0.25) is 0 Å². The van der Waals surface area contributed by atoms with E-state index < -0.39 is 5.97 Å². The Morgan fingerprint density at radius 2 is 1.70 bits per heavy atom. The van der Waals surface area contributed by atoms with Crippen molar-refractivity contribution >= 4 is 21.9 Å². The van der Waals surface area contributed by atoms with E-state index in [9.17, 15) is 4.79 Å². The second kappa shape index (κ2) is 6.57. The Morgan fingerprint density at radius 1 is 1.05 bits per heavy atom. The number of hydrogen-bond donors (Lipinski definition) is 0. The van der Waals surface area contributed by atoms with Gasteiger partial charge in [-0.25, -0.2) is 4.79 Å². The van der Waals surface area contributed by atoms with E-state index in [0.717, 1.165) is 15.6 Å². The van der Waals surface area contributed by atoms with Crippen LogP contribution >= 0.6 is 15.9 Å². The van der Waals surface area contributed by atoms with Crippen LogP contribution in [0.5, 0.6) is 11.5 Å². The molecule has 0 N–H and O–H groups in total. The molecule has 0 aliphatic carbocycles. The van der Waals surface area contributed by atoms with E-state index in [-0.39, 0.29) is 6.61 Å². The minimum Gasteiger partial charge on any atom is -0.482 e. The average molecular weight is 335 g/mol. The van der Waals surface area contributed by atoms with Gasteiger partial charge in [0.25, 0.3) is 0 Å². The van der Waals surface area contributed by atoms with Gasteiger partial charge in [-0.2, -0.15) is 0 Å². The summed E-state index contributed by atoms with van der Waals surface area (Å²) >= 11 is 3.40. The maximum atomic E-state index is 11.7. The Labute approximate surface area is 126 Å². The molecule has 0 aliphatic heterocycles. The van der Waals surface area contributed by atoms with Crippen LogP contribution in [0.25, 0.3) is 0 Å². The van der Waals surface area contributed by atoms with Crippen LogP contribution in [0.2, 0.25) is 0 Å². The topological polar surface area (TPSA) is 35.5 Å². The smallest absolute Gasteiger partial charge is 0.349 e. The van der Waals surface area contributed by atoms with Crippen molar-refractivity contribution < 1.29 is 14.3 Å². The molecule has 2 aromatic carbocycles. The molecule has 2 aromatic rings. The molecule has 0 fully saturated rings. The predicted molar refractivity (Wildman–Crippen MR) is 81.2 cm³/mol. The van der Waals surface area contributed by atoms with Crippen LogP contribution in [0.15, 0.2) is 46.9 Å². The van der Waals surface area contributed by atoms with Crippen molar-refractivity contribution in [1.82, 2.24) is 0 Å². The molecule has 0 heterocycles. The summed E-state index contributed by atoms with van der Waals surface area (Å²) in [5.41, 5.74) is 2.15. The van der Waals surface area contributed by atoms with Crippen molar-refractivity contribution in [1.29, 1.82) is 0 Å². The van der Waals surface area contributed by atoms with E-state index in [2.05, 4.69) is 15.9 Å². The lowest BCUT2D eigenvalue weighted by molar-refractivity contribution is -0.136. The zero-order valence-corrected chi connectivity index (χ0v) is 12.9. The lowest BCUT2D eigenvalue weighted by Crippen LogP contribution is -2.17. The molecular formula is C16H15BrO3. The van der Waals surface area contributed by atoms with Gasteiger partial charge in [0.1, 0.15) is 11.5 Å². The van der Waals surface area contributed by atoms with E-state index >= 15 is 0 Å². The van der Waals surface area contributed by atoms with Crippen molar-refractivity contribution in [2.45, 2.75) is 13.8 Å². The Kier molecular flexibility index (Phi) is 4.79. The number of carbonyl (C=O) groups excluding carboxylic acids is 1. The summed E-state index contributed by atoms with van der Waals surface area (Å²) in [5, 5.41) is 0. The lowest BCUT2D eigenvalue weighted by Gasteiger charge is -2.08. The van der Waals surface area contributed by atoms with Gasteiger partial charge in [-0.15, -0.1) is 0 Å². The summed E-state index contributed by atoms with van der Waals surface area (Å²) in [6, 6.07) is 12.9. The first-order valence-corrected chi connectivity index (χ1v) is 7.00. The highest BCUT2D eigenvalue weighted by Gasteiger charge is 2.07. The zero-order valence-electron chi connectivity index (χ0n) is 11.4. The molecule has 104 valence electrons. The Morgan fingerprint density at radius 3 is 2.35 bits per heavy atom. The number of aryl methyl sites for hydroxylation is 2. The summed E-state index contributed by atoms with van der Waals surface area (Å²) in [6.07, 6.45) is 0. The van der Waals surface area contributed by atoms with Gasteiger partial charge in [-0.1, -0.05) is 33.6 Å². The van der Waals surface area contributed by atoms with Gasteiger partial charge in [0, 0.05) is 4.47 Å². The number of halogens is 1. The SMILES string of the molecule is Cc1ccc(OCC(=O)Oc2ccc(Br)c(C)c2)cc1. The van der Waals surface area contributed by atoms with Crippen molar-refractivity contribution in [3.8, 4) is 11.5 Å². The fourth-order valence-corrected chi connectivity index (χ4v) is 1.86. The van der Waals surface area contributed by atoms with Crippen molar-refractivity contribution in [3.05, 3.63) is 58.1 Å². The Hall–Kier alpha value is -1.81. The molecule has 0 spiro atoms. The first-order valence-electron chi connectivity index (χ1n) is 6.21. The van der Waals surface area contributed by atoms with Crippen LogP contribution in [0.3, 0.4) is 0 Å². The number of carbonyl (C=O) groups is 1. The van der Waals surface area contributed by atoms with E-state index in [1.54, 1.807) is 12.1 Å². The minimum absolute atomic E-state index is 0.113. The summed E-state index contributed by atoms with van der Waals surface area (Å²) in [4.78, 5) is 11.7. The van der Waals surface area contributed by atoms with Gasteiger partial charge in [-0.3, -0.25) is 0 Å². The maximum absolute atomic E-state index is 11.7. The zero-order chi connectivity index (χ0) is 14.5. The molecule has 3 nitrogen and oxygen atoms in total. The van der Waals surface area contributed by atoms with Gasteiger partial charge >= 0.3 is 5.97 Å². The quantitative estimate of drug-likeness (QED) is 0.625. The van der Waals surface area contributed by atoms with Crippen molar-refractivity contribution in [2.75, 3.05) is 6.61 Å². The van der Waals surface area contributed by atoms with Gasteiger partial charge < -0.3 is 9.47 Å². The molecule has 0 amide bonds. The normalized spacial score (nSPS) is 10.2. The van der Waals surface area contributed by atoms with Crippen LogP contribution in [0.1, 0.15) is 11.1 Å². The lowest BCUT2D eigenvalue weighted by atomic mass is 10.2. The monoisotopic (exact) mass is 334 g/mol. The minimum atomic E-state index is -0.424. The van der Waals surface area contributed by atoms with Crippen LogP contribution in [0.4, 0.5) is 0 Å². The number of hydrogen-bond acceptors (Lipinski definition) is 3. The van der Waals surface area contributed by atoms with Crippen LogP contribution in [-0.4, -0.2) is 12.6 Å². The van der Waals surface area contributed by atoms with Crippen LogP contribution in [-0.2, 0) is 4.79 Å². The standard InChI is InChI=1S/C16H15BrO3/c1-11-3-5-13(6-4-11)19-10-16(18)20-14-7-8-15(17)12(2)9-14/h3-9H,10H2,1-2H3. The number of esters is 1. The first kappa shape index (κ1) is 14.6. The third kappa shape index (κ3) is 4.10. The second-order valence-corrected chi connectivity index (χ2v) is 5.34. The predicted octanol–water partition coefficient (Wildman–Crippen LogP) is 4.05. The molecule has 20 heavy (non-hydrogen) atoms. The Balaban J connectivity index is 1.89. The second-order valence-electron chi connectivity index (χ2n) is 4.49. The number of benzene rings is 2. The number of ether oxygens (including phenoxy) is 2.